The second-order valence-electron chi connectivity index (χ2n) is 6.32. The first-order valence-electron chi connectivity index (χ1n) is 7.83. The van der Waals surface area contributed by atoms with Crippen molar-refractivity contribution < 1.29 is 24.0 Å². The monoisotopic (exact) mass is 453 g/mol. The largest absolute Gasteiger partial charge is 0.857 e. The predicted molar refractivity (Wildman–Crippen MR) is 97.6 cm³/mol. The van der Waals surface area contributed by atoms with Gasteiger partial charge in [-0.25, -0.2) is 23.5 Å². The van der Waals surface area contributed by atoms with Gasteiger partial charge in [-0.1, -0.05) is 13.8 Å². The third-order valence-electron chi connectivity index (χ3n) is 4.32. The van der Waals surface area contributed by atoms with Crippen molar-refractivity contribution in [2.24, 2.45) is 10.9 Å². The number of hydrogen-bond acceptors (Lipinski definition) is 7. The van der Waals surface area contributed by atoms with E-state index >= 15 is 0 Å². The van der Waals surface area contributed by atoms with Crippen molar-refractivity contribution in [3.63, 3.8) is 0 Å². The first-order valence-corrected chi connectivity index (χ1v) is 8.85. The van der Waals surface area contributed by atoms with Gasteiger partial charge in [-0.3, -0.25) is 9.59 Å². The molecule has 1 aliphatic rings. The Hall–Kier alpha value is -2.21. The average molecular weight is 455 g/mol. The Labute approximate surface area is 172 Å². The summed E-state index contributed by atoms with van der Waals surface area (Å²) in [4.78, 5) is 64.8. The molecule has 2 rings (SSSR count). The number of barbiturate groups is 1. The molecule has 0 radical (unpaired) electrons. The fraction of sp³-hybridized carbons (Fsp3) is 0.429. The number of imide groups is 2. The van der Waals surface area contributed by atoms with Crippen molar-refractivity contribution in [1.82, 2.24) is 12.6 Å². The van der Waals surface area contributed by atoms with Gasteiger partial charge in [0.15, 0.2) is 0 Å². The van der Waals surface area contributed by atoms with Gasteiger partial charge in [0.25, 0.3) is 5.56 Å². The number of aliphatic imine (C=N–C) groups is 1. The standard InChI is InChI=1S/C14H14Cl3N5O6/c1-4-6(2)5-22(3)12(26)8(11(25)21(17)14(22)28)18-7-9(23)19(15)13(27)20(16)10(7)24/h6H,4-5H2,1-3H3. The number of quaternary nitrogens is 1. The van der Waals surface area contributed by atoms with E-state index in [4.69, 9.17) is 35.3 Å². The summed E-state index contributed by atoms with van der Waals surface area (Å²) in [6, 6.07) is -1.00. The fourth-order valence-electron chi connectivity index (χ4n) is 2.53. The van der Waals surface area contributed by atoms with Crippen molar-refractivity contribution >= 4 is 64.6 Å². The van der Waals surface area contributed by atoms with Crippen LogP contribution in [0.3, 0.4) is 0 Å². The average Bonchev–Trinajstić information content (AvgIpc) is 2.67. The molecule has 1 aromatic rings. The lowest BCUT2D eigenvalue weighted by Gasteiger charge is -2.35. The maximum atomic E-state index is 12.9. The van der Waals surface area contributed by atoms with Crippen LogP contribution in [-0.4, -0.2) is 54.2 Å². The van der Waals surface area contributed by atoms with Crippen LogP contribution in [0.2, 0.25) is 0 Å². The molecule has 11 nitrogen and oxygen atoms in total. The van der Waals surface area contributed by atoms with E-state index < -0.39 is 50.9 Å². The molecule has 1 aliphatic heterocycles. The Morgan fingerprint density at radius 1 is 1.11 bits per heavy atom. The Morgan fingerprint density at radius 2 is 1.68 bits per heavy atom. The van der Waals surface area contributed by atoms with Crippen LogP contribution in [0.15, 0.2) is 14.6 Å². The van der Waals surface area contributed by atoms with E-state index in [-0.39, 0.29) is 25.1 Å². The quantitative estimate of drug-likeness (QED) is 0.474. The van der Waals surface area contributed by atoms with Crippen molar-refractivity contribution in [3.05, 3.63) is 20.8 Å². The molecular formula is C14H14Cl3N5O6. The highest BCUT2D eigenvalue weighted by Crippen LogP contribution is 2.26. The van der Waals surface area contributed by atoms with Crippen LogP contribution in [0.4, 0.5) is 10.5 Å². The maximum absolute atomic E-state index is 12.9. The zero-order valence-corrected chi connectivity index (χ0v) is 17.1. The molecule has 0 saturated carbocycles. The summed E-state index contributed by atoms with van der Waals surface area (Å²) in [6.07, 6.45) is 0.621. The number of rotatable bonds is 4. The van der Waals surface area contributed by atoms with Gasteiger partial charge in [0.2, 0.25) is 5.71 Å². The van der Waals surface area contributed by atoms with Crippen LogP contribution < -0.4 is 16.4 Å². The molecule has 4 amide bonds. The maximum Gasteiger partial charge on any atom is 0.448 e. The van der Waals surface area contributed by atoms with Crippen LogP contribution >= 0.6 is 35.3 Å². The molecule has 1 aromatic heterocycles. The van der Waals surface area contributed by atoms with Gasteiger partial charge in [0.05, 0.1) is 13.6 Å². The number of urea groups is 1. The second kappa shape index (κ2) is 7.66. The minimum absolute atomic E-state index is 0.0112. The summed E-state index contributed by atoms with van der Waals surface area (Å²) < 4.78 is -0.860. The summed E-state index contributed by atoms with van der Waals surface area (Å²) in [6.45, 7) is 3.61. The van der Waals surface area contributed by atoms with Gasteiger partial charge in [-0.05, 0) is 6.42 Å². The molecule has 2 unspecified atom stereocenters. The van der Waals surface area contributed by atoms with E-state index in [1.54, 1.807) is 6.92 Å². The number of hydrogen-bond donors (Lipinski definition) is 0. The van der Waals surface area contributed by atoms with Crippen LogP contribution in [0.5, 0.6) is 5.88 Å². The van der Waals surface area contributed by atoms with Crippen LogP contribution in [0, 0.1) is 5.92 Å². The van der Waals surface area contributed by atoms with Gasteiger partial charge in [0, 0.05) is 47.1 Å². The van der Waals surface area contributed by atoms with E-state index in [2.05, 4.69) is 4.99 Å². The highest BCUT2D eigenvalue weighted by Gasteiger charge is 2.56. The first kappa shape index (κ1) is 22.1. The molecule has 0 aliphatic carbocycles. The molecule has 2 heterocycles. The molecule has 0 bridgehead atoms. The zero-order chi connectivity index (χ0) is 21.5. The van der Waals surface area contributed by atoms with Gasteiger partial charge in [-0.15, -0.1) is 4.42 Å². The van der Waals surface area contributed by atoms with E-state index in [1.807, 2.05) is 6.92 Å². The number of aromatic nitrogens is 2. The van der Waals surface area contributed by atoms with Gasteiger partial charge < -0.3 is 5.11 Å². The van der Waals surface area contributed by atoms with Crippen LogP contribution in [0.25, 0.3) is 0 Å². The fourth-order valence-corrected chi connectivity index (χ4v) is 3.13. The number of carbonyl (C=O) groups is 3. The molecule has 1 saturated heterocycles. The Morgan fingerprint density at radius 3 is 2.21 bits per heavy atom. The van der Waals surface area contributed by atoms with Crippen molar-refractivity contribution in [2.45, 2.75) is 20.3 Å². The van der Waals surface area contributed by atoms with Gasteiger partial charge in [-0.2, -0.15) is 8.57 Å². The van der Waals surface area contributed by atoms with E-state index in [1.165, 1.54) is 7.05 Å². The normalized spacial score (nSPS) is 22.9. The summed E-state index contributed by atoms with van der Waals surface area (Å²) in [5.41, 5.74) is -4.75. The van der Waals surface area contributed by atoms with E-state index in [9.17, 15) is 29.1 Å². The summed E-state index contributed by atoms with van der Waals surface area (Å²) in [5.74, 6) is -3.91. The van der Waals surface area contributed by atoms with Crippen LogP contribution in [0.1, 0.15) is 20.3 Å². The third-order valence-corrected chi connectivity index (χ3v) is 5.21. The van der Waals surface area contributed by atoms with Crippen molar-refractivity contribution in [2.75, 3.05) is 13.6 Å². The van der Waals surface area contributed by atoms with Gasteiger partial charge in [0.1, 0.15) is 5.69 Å². The summed E-state index contributed by atoms with van der Waals surface area (Å²) in [7, 11) is 1.23. The third kappa shape index (κ3) is 3.34. The molecule has 28 heavy (non-hydrogen) atoms. The minimum atomic E-state index is -1.39. The Kier molecular flexibility index (Phi) is 6.04. The summed E-state index contributed by atoms with van der Waals surface area (Å²) >= 11 is 16.7. The Balaban J connectivity index is 2.73. The highest BCUT2D eigenvalue weighted by atomic mass is 35.5. The van der Waals surface area contributed by atoms with Crippen molar-refractivity contribution in [3.8, 4) is 5.88 Å². The number of amides is 4. The SMILES string of the molecule is CCC(C)C[N+]1(C)C(=O)C(=Nc2c([O-])n(Cl)c(=O)n(Cl)c2=O)C(=O)N(Cl)C1=O. The predicted octanol–water partition coefficient (Wildman–Crippen LogP) is 0.295. The molecule has 1 fully saturated rings. The smallest absolute Gasteiger partial charge is 0.448 e. The lowest BCUT2D eigenvalue weighted by Crippen LogP contribution is -2.68. The lowest BCUT2D eigenvalue weighted by atomic mass is 10.1. The second-order valence-corrected chi connectivity index (χ2v) is 7.34. The lowest BCUT2D eigenvalue weighted by molar-refractivity contribution is -0.755. The van der Waals surface area contributed by atoms with E-state index in [0.717, 1.165) is 0 Å². The van der Waals surface area contributed by atoms with Crippen LogP contribution in [-0.2, 0) is 9.59 Å². The molecule has 2 atom stereocenters. The topological polar surface area (TPSA) is 134 Å². The zero-order valence-electron chi connectivity index (χ0n) is 14.8. The number of nitrogens with zero attached hydrogens (tertiary/aromatic N) is 5. The molecule has 0 N–H and O–H groups in total. The first-order chi connectivity index (χ1) is 12.9. The molecule has 0 aromatic carbocycles. The van der Waals surface area contributed by atoms with Crippen molar-refractivity contribution in [1.29, 1.82) is 0 Å². The molecule has 14 heteroatoms. The van der Waals surface area contributed by atoms with Gasteiger partial charge >= 0.3 is 23.5 Å². The number of carbonyl (C=O) groups excluding carboxylic acids is 3. The minimum Gasteiger partial charge on any atom is -0.857 e. The van der Waals surface area contributed by atoms with E-state index in [0.29, 0.717) is 6.42 Å². The Bertz CT molecular complexity index is 1030. The molecule has 0 spiro atoms. The molecular weight excluding hydrogens is 441 g/mol. The number of halogens is 3. The highest BCUT2D eigenvalue weighted by molar-refractivity contribution is 6.69. The summed E-state index contributed by atoms with van der Waals surface area (Å²) in [5, 5.41) is 12.1. The molecule has 152 valence electrons.